The Morgan fingerprint density at radius 2 is 2.14 bits per heavy atom. The second-order valence-electron chi connectivity index (χ2n) is 5.11. The molecule has 1 aromatic carbocycles. The van der Waals surface area contributed by atoms with Crippen LogP contribution in [0.15, 0.2) is 29.2 Å². The largest absolute Gasteiger partial charge is 0.480 e. The fourth-order valence-electron chi connectivity index (χ4n) is 1.96. The van der Waals surface area contributed by atoms with Gasteiger partial charge in [-0.1, -0.05) is 0 Å². The summed E-state index contributed by atoms with van der Waals surface area (Å²) in [6.07, 6.45) is 0. The highest BCUT2D eigenvalue weighted by atomic mass is 32.2. The molecule has 0 aliphatic heterocycles. The third-order valence-corrected chi connectivity index (χ3v) is 4.31. The van der Waals surface area contributed by atoms with Gasteiger partial charge in [-0.3, -0.25) is 9.78 Å². The summed E-state index contributed by atoms with van der Waals surface area (Å²) in [5.74, 6) is -0.647. The number of pyridine rings is 1. The number of aromatic nitrogens is 1. The SMILES string of the molecule is Cc1cc(SCC(N)C(=O)O)c2cc(N(C)C)ccc2n1. The Balaban J connectivity index is 2.40. The second kappa shape index (κ2) is 6.32. The van der Waals surface area contributed by atoms with E-state index in [1.807, 2.05) is 44.1 Å². The highest BCUT2D eigenvalue weighted by Gasteiger charge is 2.13. The normalized spacial score (nSPS) is 12.4. The second-order valence-corrected chi connectivity index (χ2v) is 6.18. The molecule has 0 saturated heterocycles. The molecule has 3 N–H and O–H groups in total. The standard InChI is InChI=1S/C15H19N3O2S/c1-9-6-14(21-8-12(16)15(19)20)11-7-10(18(2)3)4-5-13(11)17-9/h4-7,12H,8,16H2,1-3H3,(H,19,20). The van der Waals surface area contributed by atoms with Crippen molar-refractivity contribution in [2.75, 3.05) is 24.7 Å². The average Bonchev–Trinajstić information content (AvgIpc) is 2.43. The Bertz CT molecular complexity index is 673. The molecule has 5 nitrogen and oxygen atoms in total. The molecule has 1 heterocycles. The average molecular weight is 305 g/mol. The number of carbonyl (C=O) groups is 1. The number of anilines is 1. The van der Waals surface area contributed by atoms with Crippen LogP contribution in [0, 0.1) is 6.92 Å². The van der Waals surface area contributed by atoms with Gasteiger partial charge in [-0.25, -0.2) is 0 Å². The number of benzene rings is 1. The Labute approximate surface area is 128 Å². The number of carboxylic acid groups (broad SMARTS) is 1. The fourth-order valence-corrected chi connectivity index (χ4v) is 3.03. The first kappa shape index (κ1) is 15.6. The number of aryl methyl sites for hydroxylation is 1. The van der Waals surface area contributed by atoms with E-state index in [9.17, 15) is 4.79 Å². The first-order valence-corrected chi connectivity index (χ1v) is 7.57. The van der Waals surface area contributed by atoms with Crippen LogP contribution in [0.3, 0.4) is 0 Å². The third-order valence-electron chi connectivity index (χ3n) is 3.13. The molecule has 0 saturated carbocycles. The minimum absolute atomic E-state index is 0.333. The van der Waals surface area contributed by atoms with Gasteiger partial charge in [0.2, 0.25) is 0 Å². The molecule has 0 spiro atoms. The molecule has 1 atom stereocenters. The molecule has 6 heteroatoms. The predicted octanol–water partition coefficient (Wildman–Crippen LogP) is 2.11. The Morgan fingerprint density at radius 1 is 1.43 bits per heavy atom. The van der Waals surface area contributed by atoms with Gasteiger partial charge in [-0.15, -0.1) is 11.8 Å². The molecule has 2 rings (SSSR count). The van der Waals surface area contributed by atoms with Crippen molar-refractivity contribution in [3.8, 4) is 0 Å². The van der Waals surface area contributed by atoms with Gasteiger partial charge in [0.25, 0.3) is 0 Å². The lowest BCUT2D eigenvalue weighted by Crippen LogP contribution is -2.32. The number of rotatable bonds is 5. The Kier molecular flexibility index (Phi) is 4.69. The van der Waals surface area contributed by atoms with Gasteiger partial charge in [0, 0.05) is 41.5 Å². The van der Waals surface area contributed by atoms with Crippen molar-refractivity contribution in [3.05, 3.63) is 30.0 Å². The minimum atomic E-state index is -0.980. The lowest BCUT2D eigenvalue weighted by Gasteiger charge is -2.15. The van der Waals surface area contributed by atoms with E-state index in [-0.39, 0.29) is 0 Å². The first-order valence-electron chi connectivity index (χ1n) is 6.58. The van der Waals surface area contributed by atoms with Crippen LogP contribution in [0.25, 0.3) is 10.9 Å². The highest BCUT2D eigenvalue weighted by molar-refractivity contribution is 7.99. The quantitative estimate of drug-likeness (QED) is 0.824. The van der Waals surface area contributed by atoms with Crippen molar-refractivity contribution in [2.45, 2.75) is 17.9 Å². The van der Waals surface area contributed by atoms with Gasteiger partial charge in [-0.05, 0) is 31.2 Å². The summed E-state index contributed by atoms with van der Waals surface area (Å²) in [5.41, 5.74) is 8.48. The molecule has 21 heavy (non-hydrogen) atoms. The van der Waals surface area contributed by atoms with Crippen LogP contribution >= 0.6 is 11.8 Å². The number of thioether (sulfide) groups is 1. The van der Waals surface area contributed by atoms with Crippen LogP contribution in [0.5, 0.6) is 0 Å². The summed E-state index contributed by atoms with van der Waals surface area (Å²) in [4.78, 5) is 18.4. The van der Waals surface area contributed by atoms with Crippen molar-refractivity contribution in [3.63, 3.8) is 0 Å². The van der Waals surface area contributed by atoms with E-state index in [1.165, 1.54) is 11.8 Å². The van der Waals surface area contributed by atoms with Crippen molar-refractivity contribution in [2.24, 2.45) is 5.73 Å². The molecule has 2 aromatic rings. The van der Waals surface area contributed by atoms with E-state index in [4.69, 9.17) is 10.8 Å². The van der Waals surface area contributed by atoms with Crippen LogP contribution in [0.4, 0.5) is 5.69 Å². The van der Waals surface area contributed by atoms with Crippen molar-refractivity contribution in [1.29, 1.82) is 0 Å². The molecule has 112 valence electrons. The van der Waals surface area contributed by atoms with Gasteiger partial charge < -0.3 is 15.7 Å². The predicted molar refractivity (Wildman–Crippen MR) is 87.1 cm³/mol. The minimum Gasteiger partial charge on any atom is -0.480 e. The van der Waals surface area contributed by atoms with Crippen molar-refractivity contribution >= 4 is 34.3 Å². The van der Waals surface area contributed by atoms with E-state index in [0.29, 0.717) is 5.75 Å². The first-order chi connectivity index (χ1) is 9.88. The summed E-state index contributed by atoms with van der Waals surface area (Å²) < 4.78 is 0. The molecule has 0 fully saturated rings. The number of fused-ring (bicyclic) bond motifs is 1. The van der Waals surface area contributed by atoms with Crippen LogP contribution in [0.1, 0.15) is 5.69 Å². The van der Waals surface area contributed by atoms with Gasteiger partial charge in [0.05, 0.1) is 5.52 Å². The zero-order valence-electron chi connectivity index (χ0n) is 12.3. The monoisotopic (exact) mass is 305 g/mol. The number of nitrogens with zero attached hydrogens (tertiary/aromatic N) is 2. The molecule has 1 unspecified atom stereocenters. The molecule has 0 aliphatic carbocycles. The van der Waals surface area contributed by atoms with E-state index < -0.39 is 12.0 Å². The van der Waals surface area contributed by atoms with Gasteiger partial charge >= 0.3 is 5.97 Å². The fraction of sp³-hybridized carbons (Fsp3) is 0.333. The summed E-state index contributed by atoms with van der Waals surface area (Å²) in [6, 6.07) is 7.18. The van der Waals surface area contributed by atoms with Crippen molar-refractivity contribution in [1.82, 2.24) is 4.98 Å². The van der Waals surface area contributed by atoms with Crippen molar-refractivity contribution < 1.29 is 9.90 Å². The summed E-state index contributed by atoms with van der Waals surface area (Å²) in [6.45, 7) is 1.93. The van der Waals surface area contributed by atoms with E-state index in [1.54, 1.807) is 0 Å². The summed E-state index contributed by atoms with van der Waals surface area (Å²) in [7, 11) is 3.96. The van der Waals surface area contributed by atoms with E-state index in [0.717, 1.165) is 27.2 Å². The topological polar surface area (TPSA) is 79.5 Å². The molecule has 0 bridgehead atoms. The van der Waals surface area contributed by atoms with Gasteiger partial charge in [0.1, 0.15) is 6.04 Å². The van der Waals surface area contributed by atoms with Crippen LogP contribution < -0.4 is 10.6 Å². The van der Waals surface area contributed by atoms with E-state index >= 15 is 0 Å². The van der Waals surface area contributed by atoms with Crippen LogP contribution in [0.2, 0.25) is 0 Å². The van der Waals surface area contributed by atoms with Crippen LogP contribution in [-0.2, 0) is 4.79 Å². The van der Waals surface area contributed by atoms with E-state index in [2.05, 4.69) is 11.1 Å². The Hall–Kier alpha value is -1.79. The third kappa shape index (κ3) is 3.65. The molecular formula is C15H19N3O2S. The molecule has 0 aliphatic rings. The maximum Gasteiger partial charge on any atom is 0.321 e. The molecule has 1 aromatic heterocycles. The van der Waals surface area contributed by atoms with Gasteiger partial charge in [0.15, 0.2) is 0 Å². The maximum atomic E-state index is 10.8. The number of aliphatic carboxylic acids is 1. The number of nitrogens with two attached hydrogens (primary N) is 1. The Morgan fingerprint density at radius 3 is 2.76 bits per heavy atom. The zero-order chi connectivity index (χ0) is 15.6. The molecule has 0 amide bonds. The highest BCUT2D eigenvalue weighted by Crippen LogP contribution is 2.30. The number of carboxylic acids is 1. The summed E-state index contributed by atoms with van der Waals surface area (Å²) in [5, 5.41) is 9.91. The molecule has 0 radical (unpaired) electrons. The van der Waals surface area contributed by atoms with Gasteiger partial charge in [-0.2, -0.15) is 0 Å². The van der Waals surface area contributed by atoms with Crippen LogP contribution in [-0.4, -0.2) is 41.9 Å². The summed E-state index contributed by atoms with van der Waals surface area (Å²) >= 11 is 1.46. The maximum absolute atomic E-state index is 10.8. The zero-order valence-corrected chi connectivity index (χ0v) is 13.1. The smallest absolute Gasteiger partial charge is 0.321 e. The number of hydrogen-bond donors (Lipinski definition) is 2. The number of hydrogen-bond acceptors (Lipinski definition) is 5. The lowest BCUT2D eigenvalue weighted by molar-refractivity contribution is -0.137. The lowest BCUT2D eigenvalue weighted by atomic mass is 10.1. The molecular weight excluding hydrogens is 286 g/mol.